The Bertz CT molecular complexity index is 413. The molecule has 0 unspecified atom stereocenters. The fourth-order valence-electron chi connectivity index (χ4n) is 1.01. The molecule has 3 nitrogen and oxygen atoms in total. The third-order valence-corrected chi connectivity index (χ3v) is 2.58. The molecular weight excluding hydrogens is 263 g/mol. The summed E-state index contributed by atoms with van der Waals surface area (Å²) < 4.78 is 29.2. The van der Waals surface area contributed by atoms with Crippen molar-refractivity contribution in [1.82, 2.24) is 4.98 Å². The monoisotopic (exact) mass is 269 g/mol. The van der Waals surface area contributed by atoms with Gasteiger partial charge in [0.1, 0.15) is 5.69 Å². The van der Waals surface area contributed by atoms with Crippen molar-refractivity contribution in [2.24, 2.45) is 0 Å². The van der Waals surface area contributed by atoms with Crippen molar-refractivity contribution in [3.63, 3.8) is 0 Å². The number of carbonyl (C=O) groups excluding carboxylic acids is 1. The number of carbonyl (C=O) groups is 1. The molecule has 1 aromatic heterocycles. The number of alkyl halides is 2. The van der Waals surface area contributed by atoms with Crippen LogP contribution in [0.5, 0.6) is 0 Å². The lowest BCUT2D eigenvalue weighted by atomic mass is 10.2. The molecule has 0 fully saturated rings. The number of aromatic nitrogens is 1. The van der Waals surface area contributed by atoms with Gasteiger partial charge in [0.05, 0.1) is 29.3 Å². The first-order valence-corrected chi connectivity index (χ1v) is 4.91. The summed E-state index contributed by atoms with van der Waals surface area (Å²) in [7, 11) is 1.18. The number of nitrogens with zero attached hydrogens (tertiary/aromatic N) is 1. The van der Waals surface area contributed by atoms with E-state index in [2.05, 4.69) is 9.72 Å². The summed E-state index contributed by atoms with van der Waals surface area (Å²) in [5.41, 5.74) is -0.537. The van der Waals surface area contributed by atoms with Crippen molar-refractivity contribution in [2.75, 3.05) is 7.11 Å². The molecule has 0 aliphatic carbocycles. The number of hydrogen-bond donors (Lipinski definition) is 0. The molecule has 1 heterocycles. The van der Waals surface area contributed by atoms with Crippen LogP contribution in [-0.2, 0) is 16.0 Å². The van der Waals surface area contributed by atoms with Gasteiger partial charge in [-0.2, -0.15) is 0 Å². The molecule has 0 aromatic carbocycles. The third-order valence-electron chi connectivity index (χ3n) is 1.76. The molecule has 7 heteroatoms. The van der Waals surface area contributed by atoms with E-state index in [1.54, 1.807) is 0 Å². The van der Waals surface area contributed by atoms with Crippen molar-refractivity contribution in [3.05, 3.63) is 27.5 Å². The Morgan fingerprint density at radius 1 is 1.56 bits per heavy atom. The number of ether oxygens (including phenoxy) is 1. The quantitative estimate of drug-likeness (QED) is 0.792. The average molecular weight is 270 g/mol. The van der Waals surface area contributed by atoms with Gasteiger partial charge in [0.2, 0.25) is 0 Å². The summed E-state index contributed by atoms with van der Waals surface area (Å²) in [6, 6.07) is 0.968. The molecule has 1 rings (SSSR count). The average Bonchev–Trinajstić information content (AvgIpc) is 2.23. The highest BCUT2D eigenvalue weighted by Crippen LogP contribution is 2.29. The van der Waals surface area contributed by atoms with Gasteiger partial charge >= 0.3 is 5.97 Å². The maximum atomic E-state index is 12.4. The van der Waals surface area contributed by atoms with Crippen molar-refractivity contribution < 1.29 is 18.3 Å². The van der Waals surface area contributed by atoms with Gasteiger partial charge in [-0.15, -0.1) is 0 Å². The lowest BCUT2D eigenvalue weighted by Gasteiger charge is -2.07. The van der Waals surface area contributed by atoms with Crippen LogP contribution in [0.15, 0.2) is 6.07 Å². The molecule has 0 radical (unpaired) electrons. The minimum atomic E-state index is -2.77. The maximum absolute atomic E-state index is 12.4. The summed E-state index contributed by atoms with van der Waals surface area (Å²) in [5.74, 6) is -0.628. The van der Waals surface area contributed by atoms with Gasteiger partial charge in [-0.1, -0.05) is 23.2 Å². The number of hydrogen-bond acceptors (Lipinski definition) is 3. The van der Waals surface area contributed by atoms with Gasteiger partial charge in [0.15, 0.2) is 0 Å². The van der Waals surface area contributed by atoms with Crippen molar-refractivity contribution in [3.8, 4) is 0 Å². The Labute approximate surface area is 100 Å². The highest BCUT2D eigenvalue weighted by atomic mass is 35.5. The smallest absolute Gasteiger partial charge is 0.311 e. The van der Waals surface area contributed by atoms with Crippen LogP contribution in [0, 0.1) is 0 Å². The second-order valence-electron chi connectivity index (χ2n) is 2.84. The normalized spacial score (nSPS) is 10.6. The molecule has 0 saturated heterocycles. The zero-order chi connectivity index (χ0) is 12.3. The van der Waals surface area contributed by atoms with Crippen LogP contribution in [0.1, 0.15) is 17.8 Å². The van der Waals surface area contributed by atoms with Gasteiger partial charge in [0.25, 0.3) is 6.43 Å². The Morgan fingerprint density at radius 3 is 2.69 bits per heavy atom. The first-order chi connectivity index (χ1) is 7.45. The summed E-state index contributed by atoms with van der Waals surface area (Å²) in [4.78, 5) is 14.5. The first kappa shape index (κ1) is 13.1. The Balaban J connectivity index is 3.11. The van der Waals surface area contributed by atoms with Gasteiger partial charge in [-0.25, -0.2) is 13.8 Å². The van der Waals surface area contributed by atoms with E-state index in [4.69, 9.17) is 23.2 Å². The van der Waals surface area contributed by atoms with Crippen molar-refractivity contribution in [1.29, 1.82) is 0 Å². The number of halogens is 4. The fourth-order valence-corrected chi connectivity index (χ4v) is 1.39. The summed E-state index contributed by atoms with van der Waals surface area (Å²) >= 11 is 11.4. The van der Waals surface area contributed by atoms with Crippen LogP contribution < -0.4 is 0 Å². The van der Waals surface area contributed by atoms with Crippen LogP contribution in [0.3, 0.4) is 0 Å². The molecule has 88 valence electrons. The topological polar surface area (TPSA) is 39.2 Å². The predicted octanol–water partition coefficient (Wildman–Crippen LogP) is 3.04. The molecule has 0 amide bonds. The van der Waals surface area contributed by atoms with Crippen LogP contribution in [0.4, 0.5) is 8.78 Å². The van der Waals surface area contributed by atoms with Gasteiger partial charge in [-0.3, -0.25) is 4.79 Å². The number of rotatable bonds is 3. The third kappa shape index (κ3) is 3.02. The maximum Gasteiger partial charge on any atom is 0.311 e. The number of esters is 1. The van der Waals surface area contributed by atoms with Gasteiger partial charge < -0.3 is 4.74 Å². The molecule has 0 saturated carbocycles. The molecular formula is C9H7Cl2F2NO2. The Hall–Kier alpha value is -0.940. The SMILES string of the molecule is COC(=O)Cc1nc(C(F)F)cc(Cl)c1Cl. The van der Waals surface area contributed by atoms with E-state index in [-0.39, 0.29) is 22.2 Å². The van der Waals surface area contributed by atoms with E-state index in [1.165, 1.54) is 7.11 Å². The lowest BCUT2D eigenvalue weighted by molar-refractivity contribution is -0.139. The van der Waals surface area contributed by atoms with Crippen molar-refractivity contribution >= 4 is 29.2 Å². The van der Waals surface area contributed by atoms with Crippen LogP contribution in [0.2, 0.25) is 10.0 Å². The summed E-state index contributed by atoms with van der Waals surface area (Å²) in [5, 5.41) is -0.0812. The second kappa shape index (κ2) is 5.41. The largest absolute Gasteiger partial charge is 0.469 e. The van der Waals surface area contributed by atoms with Crippen molar-refractivity contribution in [2.45, 2.75) is 12.8 Å². The van der Waals surface area contributed by atoms with Gasteiger partial charge in [-0.05, 0) is 6.07 Å². The zero-order valence-corrected chi connectivity index (χ0v) is 9.65. The van der Waals surface area contributed by atoms with Crippen LogP contribution in [0.25, 0.3) is 0 Å². The van der Waals surface area contributed by atoms with Crippen LogP contribution >= 0.6 is 23.2 Å². The zero-order valence-electron chi connectivity index (χ0n) is 8.14. The molecule has 16 heavy (non-hydrogen) atoms. The minimum Gasteiger partial charge on any atom is -0.469 e. The molecule has 0 atom stereocenters. The summed E-state index contributed by atoms with van der Waals surface area (Å²) in [6.45, 7) is 0. The first-order valence-electron chi connectivity index (χ1n) is 4.15. The van der Waals surface area contributed by atoms with E-state index >= 15 is 0 Å². The fraction of sp³-hybridized carbons (Fsp3) is 0.333. The molecule has 0 aliphatic heterocycles. The van der Waals surface area contributed by atoms with Crippen LogP contribution in [-0.4, -0.2) is 18.1 Å². The van der Waals surface area contributed by atoms with E-state index in [0.29, 0.717) is 0 Å². The number of methoxy groups -OCH3 is 1. The minimum absolute atomic E-state index is 0.0172. The molecule has 0 aliphatic rings. The van der Waals surface area contributed by atoms with E-state index in [0.717, 1.165) is 6.07 Å². The number of pyridine rings is 1. The Morgan fingerprint density at radius 2 is 2.19 bits per heavy atom. The highest BCUT2D eigenvalue weighted by molar-refractivity contribution is 6.42. The highest BCUT2D eigenvalue weighted by Gasteiger charge is 2.17. The van der Waals surface area contributed by atoms with E-state index < -0.39 is 18.1 Å². The second-order valence-corrected chi connectivity index (χ2v) is 3.63. The molecule has 0 bridgehead atoms. The molecule has 0 N–H and O–H groups in total. The van der Waals surface area contributed by atoms with E-state index in [9.17, 15) is 13.6 Å². The molecule has 1 aromatic rings. The van der Waals surface area contributed by atoms with E-state index in [1.807, 2.05) is 0 Å². The summed E-state index contributed by atoms with van der Waals surface area (Å²) in [6.07, 6.45) is -3.07. The molecule has 0 spiro atoms. The lowest BCUT2D eigenvalue weighted by Crippen LogP contribution is -2.08. The van der Waals surface area contributed by atoms with Gasteiger partial charge in [0, 0.05) is 0 Å². The standard InChI is InChI=1S/C9H7Cl2F2NO2/c1-16-7(15)3-5-8(11)4(10)2-6(14-5)9(12)13/h2,9H,3H2,1H3. The Kier molecular flexibility index (Phi) is 4.44. The predicted molar refractivity (Wildman–Crippen MR) is 54.9 cm³/mol.